The molecule has 1 fully saturated rings. The molecule has 0 radical (unpaired) electrons. The highest BCUT2D eigenvalue weighted by molar-refractivity contribution is 5.93. The number of aliphatic hydroxyl groups excluding tert-OH is 4. The van der Waals surface area contributed by atoms with Crippen molar-refractivity contribution in [3.05, 3.63) is 0 Å². The summed E-state index contributed by atoms with van der Waals surface area (Å²) in [6, 6.07) is -1.14. The number of carbonyl (C=O) groups excluding carboxylic acids is 2. The van der Waals surface area contributed by atoms with Crippen molar-refractivity contribution < 1.29 is 39.9 Å². The first-order valence-corrected chi connectivity index (χ1v) is 5.99. The van der Waals surface area contributed by atoms with E-state index in [1.54, 1.807) is 0 Å². The van der Waals surface area contributed by atoms with Gasteiger partial charge in [-0.25, -0.2) is 4.79 Å². The SMILES string of the molecule is O=C(CN1C(=O)CC[C@H]1C(=O)O)[C@@H](O)[C@H](O)[C@H](O)CO. The maximum Gasteiger partial charge on any atom is 0.326 e. The Labute approximate surface area is 114 Å². The summed E-state index contributed by atoms with van der Waals surface area (Å²) in [6.45, 7) is -1.53. The third-order valence-corrected chi connectivity index (χ3v) is 3.17. The number of nitrogens with zero attached hydrogens (tertiary/aromatic N) is 1. The summed E-state index contributed by atoms with van der Waals surface area (Å²) in [5, 5.41) is 45.5. The molecule has 0 aromatic heterocycles. The molecular weight excluding hydrogens is 274 g/mol. The number of rotatable bonds is 7. The number of likely N-dealkylation sites (tertiary alicyclic amines) is 1. The van der Waals surface area contributed by atoms with E-state index in [1.165, 1.54) is 0 Å². The van der Waals surface area contributed by atoms with Crippen LogP contribution in [0.1, 0.15) is 12.8 Å². The van der Waals surface area contributed by atoms with Crippen molar-refractivity contribution in [3.8, 4) is 0 Å². The van der Waals surface area contributed by atoms with Crippen molar-refractivity contribution in [3.63, 3.8) is 0 Å². The molecule has 1 aliphatic rings. The fourth-order valence-corrected chi connectivity index (χ4v) is 1.96. The Kier molecular flexibility index (Phi) is 5.57. The van der Waals surface area contributed by atoms with Crippen LogP contribution in [0.3, 0.4) is 0 Å². The van der Waals surface area contributed by atoms with Crippen LogP contribution >= 0.6 is 0 Å². The standard InChI is InChI=1S/C11H17NO8/c13-4-7(15)10(18)9(17)6(14)3-12-5(11(19)20)1-2-8(12)16/h5,7,9-10,13,15,17-18H,1-4H2,(H,19,20)/t5-,7+,9+,10+/m0/s1. The lowest BCUT2D eigenvalue weighted by atomic mass is 10.0. The lowest BCUT2D eigenvalue weighted by Gasteiger charge is -2.25. The van der Waals surface area contributed by atoms with E-state index in [4.69, 9.17) is 15.3 Å². The van der Waals surface area contributed by atoms with Crippen LogP contribution in [0.2, 0.25) is 0 Å². The number of Topliss-reactive ketones (excluding diaryl/α,β-unsaturated/α-hetero) is 1. The molecule has 0 aliphatic carbocycles. The van der Waals surface area contributed by atoms with Gasteiger partial charge in [0.15, 0.2) is 5.78 Å². The third-order valence-electron chi connectivity index (χ3n) is 3.17. The van der Waals surface area contributed by atoms with Crippen LogP contribution in [0.5, 0.6) is 0 Å². The number of ketones is 1. The summed E-state index contributed by atoms with van der Waals surface area (Å²) in [5.41, 5.74) is 0. The summed E-state index contributed by atoms with van der Waals surface area (Å²) in [6.07, 6.45) is -5.58. The second-order valence-electron chi connectivity index (χ2n) is 4.57. The maximum atomic E-state index is 11.7. The van der Waals surface area contributed by atoms with Crippen LogP contribution in [0.25, 0.3) is 0 Å². The Bertz CT molecular complexity index is 398. The topological polar surface area (TPSA) is 156 Å². The number of hydrogen-bond donors (Lipinski definition) is 5. The zero-order chi connectivity index (χ0) is 15.4. The van der Waals surface area contributed by atoms with Gasteiger partial charge in [0, 0.05) is 6.42 Å². The molecule has 114 valence electrons. The van der Waals surface area contributed by atoms with Crippen LogP contribution in [0, 0.1) is 0 Å². The van der Waals surface area contributed by atoms with E-state index in [1.807, 2.05) is 0 Å². The zero-order valence-electron chi connectivity index (χ0n) is 10.5. The van der Waals surface area contributed by atoms with Crippen molar-refractivity contribution in [2.45, 2.75) is 37.2 Å². The predicted molar refractivity (Wildman–Crippen MR) is 62.5 cm³/mol. The fourth-order valence-electron chi connectivity index (χ4n) is 1.96. The van der Waals surface area contributed by atoms with E-state index >= 15 is 0 Å². The average molecular weight is 291 g/mol. The molecule has 1 saturated heterocycles. The highest BCUT2D eigenvalue weighted by Crippen LogP contribution is 2.19. The minimum absolute atomic E-state index is 0.0117. The van der Waals surface area contributed by atoms with Crippen molar-refractivity contribution in [2.24, 2.45) is 0 Å². The van der Waals surface area contributed by atoms with Gasteiger partial charge in [0.25, 0.3) is 0 Å². The molecule has 1 amide bonds. The number of carboxylic acid groups (broad SMARTS) is 1. The van der Waals surface area contributed by atoms with E-state index in [0.717, 1.165) is 4.90 Å². The maximum absolute atomic E-state index is 11.7. The van der Waals surface area contributed by atoms with Crippen molar-refractivity contribution in [1.29, 1.82) is 0 Å². The van der Waals surface area contributed by atoms with Crippen LogP contribution in [-0.4, -0.2) is 85.6 Å². The number of aliphatic hydroxyl groups is 4. The second-order valence-corrected chi connectivity index (χ2v) is 4.57. The molecule has 9 heteroatoms. The minimum Gasteiger partial charge on any atom is -0.480 e. The van der Waals surface area contributed by atoms with Crippen molar-refractivity contribution in [2.75, 3.05) is 13.2 Å². The lowest BCUT2D eigenvalue weighted by Crippen LogP contribution is -2.49. The molecule has 1 aliphatic heterocycles. The molecule has 0 unspecified atom stereocenters. The van der Waals surface area contributed by atoms with Gasteiger partial charge in [-0.2, -0.15) is 0 Å². The van der Waals surface area contributed by atoms with E-state index < -0.39 is 55.2 Å². The molecule has 0 bridgehead atoms. The van der Waals surface area contributed by atoms with Gasteiger partial charge in [0.1, 0.15) is 24.4 Å². The van der Waals surface area contributed by atoms with Gasteiger partial charge in [0.05, 0.1) is 13.2 Å². The van der Waals surface area contributed by atoms with Gasteiger partial charge in [-0.1, -0.05) is 0 Å². The fraction of sp³-hybridized carbons (Fsp3) is 0.727. The molecule has 9 nitrogen and oxygen atoms in total. The summed E-state index contributed by atoms with van der Waals surface area (Å²) in [5.74, 6) is -2.80. The van der Waals surface area contributed by atoms with E-state index in [9.17, 15) is 24.6 Å². The molecule has 20 heavy (non-hydrogen) atoms. The lowest BCUT2D eigenvalue weighted by molar-refractivity contribution is -0.150. The van der Waals surface area contributed by atoms with Gasteiger partial charge in [-0.05, 0) is 6.42 Å². The first-order chi connectivity index (χ1) is 9.29. The van der Waals surface area contributed by atoms with Crippen LogP contribution < -0.4 is 0 Å². The predicted octanol–water partition coefficient (Wildman–Crippen LogP) is -3.29. The molecular formula is C11H17NO8. The van der Waals surface area contributed by atoms with Gasteiger partial charge in [0.2, 0.25) is 5.91 Å². The monoisotopic (exact) mass is 291 g/mol. The Morgan fingerprint density at radius 2 is 1.90 bits per heavy atom. The average Bonchev–Trinajstić information content (AvgIpc) is 2.77. The highest BCUT2D eigenvalue weighted by atomic mass is 16.4. The summed E-state index contributed by atoms with van der Waals surface area (Å²) < 4.78 is 0. The summed E-state index contributed by atoms with van der Waals surface area (Å²) in [7, 11) is 0. The first kappa shape index (κ1) is 16.5. The quantitative estimate of drug-likeness (QED) is 0.327. The molecule has 4 atom stereocenters. The normalized spacial score (nSPS) is 23.5. The molecule has 0 aromatic rings. The Morgan fingerprint density at radius 3 is 2.40 bits per heavy atom. The van der Waals surface area contributed by atoms with Crippen molar-refractivity contribution >= 4 is 17.7 Å². The summed E-state index contributed by atoms with van der Waals surface area (Å²) >= 11 is 0. The number of carbonyl (C=O) groups is 3. The van der Waals surface area contributed by atoms with Gasteiger partial charge in [-0.15, -0.1) is 0 Å². The van der Waals surface area contributed by atoms with E-state index in [0.29, 0.717) is 0 Å². The number of hydrogen-bond acceptors (Lipinski definition) is 7. The van der Waals surface area contributed by atoms with E-state index in [-0.39, 0.29) is 12.8 Å². The van der Waals surface area contributed by atoms with Crippen LogP contribution in [-0.2, 0) is 14.4 Å². The van der Waals surface area contributed by atoms with Crippen LogP contribution in [0.15, 0.2) is 0 Å². The van der Waals surface area contributed by atoms with Gasteiger partial charge < -0.3 is 30.4 Å². The molecule has 1 rings (SSSR count). The number of amides is 1. The Hall–Kier alpha value is -1.55. The number of carboxylic acids is 1. The molecule has 0 spiro atoms. The van der Waals surface area contributed by atoms with Crippen LogP contribution in [0.4, 0.5) is 0 Å². The summed E-state index contributed by atoms with van der Waals surface area (Å²) in [4.78, 5) is 34.9. The van der Waals surface area contributed by atoms with Gasteiger partial charge in [-0.3, -0.25) is 9.59 Å². The largest absolute Gasteiger partial charge is 0.480 e. The molecule has 1 heterocycles. The van der Waals surface area contributed by atoms with Gasteiger partial charge >= 0.3 is 5.97 Å². The smallest absolute Gasteiger partial charge is 0.326 e. The first-order valence-electron chi connectivity index (χ1n) is 5.99. The minimum atomic E-state index is -2.01. The Morgan fingerprint density at radius 1 is 1.30 bits per heavy atom. The molecule has 0 aromatic carbocycles. The second kappa shape index (κ2) is 6.75. The van der Waals surface area contributed by atoms with E-state index in [2.05, 4.69) is 0 Å². The van der Waals surface area contributed by atoms with Crippen molar-refractivity contribution in [1.82, 2.24) is 4.90 Å². The Balaban J connectivity index is 2.69. The molecule has 5 N–H and O–H groups in total. The highest BCUT2D eigenvalue weighted by Gasteiger charge is 2.39. The molecule has 0 saturated carbocycles. The number of aliphatic carboxylic acids is 1. The third kappa shape index (κ3) is 3.51. The zero-order valence-corrected chi connectivity index (χ0v) is 10.5.